The van der Waals surface area contributed by atoms with E-state index in [0.717, 1.165) is 50.1 Å². The summed E-state index contributed by atoms with van der Waals surface area (Å²) in [4.78, 5) is 2.48. The first-order valence-electron chi connectivity index (χ1n) is 21.7. The lowest BCUT2D eigenvalue weighted by atomic mass is 9.80. The zero-order valence-corrected chi connectivity index (χ0v) is 34.7. The van der Waals surface area contributed by atoms with Crippen LogP contribution in [-0.4, -0.2) is 0 Å². The van der Waals surface area contributed by atoms with Gasteiger partial charge >= 0.3 is 0 Å². The van der Waals surface area contributed by atoms with E-state index in [1.807, 2.05) is 17.4 Å². The largest absolute Gasteiger partial charge is 0.455 e. The van der Waals surface area contributed by atoms with E-state index in [0.29, 0.717) is 5.92 Å². The van der Waals surface area contributed by atoms with E-state index in [9.17, 15) is 0 Å². The Hall–Kier alpha value is -6.94. The maximum atomic E-state index is 6.60. The number of hydrogen-bond donors (Lipinski definition) is 0. The Morgan fingerprint density at radius 3 is 1.90 bits per heavy atom. The van der Waals surface area contributed by atoms with Crippen LogP contribution in [0.2, 0.25) is 0 Å². The summed E-state index contributed by atoms with van der Waals surface area (Å²) < 4.78 is 9.23. The van der Waals surface area contributed by atoms with Crippen molar-refractivity contribution in [1.82, 2.24) is 0 Å². The van der Waals surface area contributed by atoms with E-state index in [4.69, 9.17) is 4.42 Å². The third-order valence-electron chi connectivity index (χ3n) is 13.1. The molecule has 1 aliphatic carbocycles. The zero-order chi connectivity index (χ0) is 40.3. The summed E-state index contributed by atoms with van der Waals surface area (Å²) >= 11 is 1.88. The van der Waals surface area contributed by atoms with Gasteiger partial charge in [0.05, 0.1) is 5.69 Å². The molecule has 9 aromatic carbocycles. The Labute approximate surface area is 360 Å². The van der Waals surface area contributed by atoms with Crippen LogP contribution in [-0.2, 0) is 0 Å². The topological polar surface area (TPSA) is 16.4 Å². The van der Waals surface area contributed by atoms with E-state index in [2.05, 4.69) is 193 Å². The summed E-state index contributed by atoms with van der Waals surface area (Å²) in [6.45, 7) is 0. The fourth-order valence-electron chi connectivity index (χ4n) is 10.2. The van der Waals surface area contributed by atoms with Crippen LogP contribution < -0.4 is 4.90 Å². The van der Waals surface area contributed by atoms with Crippen molar-refractivity contribution in [2.75, 3.05) is 4.90 Å². The number of fused-ring (bicyclic) bond motifs is 7. The maximum Gasteiger partial charge on any atom is 0.143 e. The molecule has 1 saturated carbocycles. The Morgan fingerprint density at radius 1 is 0.459 bits per heavy atom. The van der Waals surface area contributed by atoms with E-state index in [1.54, 1.807) is 0 Å². The molecule has 1 fully saturated rings. The summed E-state index contributed by atoms with van der Waals surface area (Å²) in [6, 6.07) is 71.5. The predicted octanol–water partition coefficient (Wildman–Crippen LogP) is 17.6. The molecular formula is C58H43NOS. The van der Waals surface area contributed by atoms with Gasteiger partial charge in [0.1, 0.15) is 11.2 Å². The number of para-hydroxylation sites is 3. The molecule has 3 heteroatoms. The van der Waals surface area contributed by atoms with Crippen LogP contribution in [0.4, 0.5) is 17.1 Å². The van der Waals surface area contributed by atoms with Gasteiger partial charge in [-0.25, -0.2) is 0 Å². The van der Waals surface area contributed by atoms with Crippen LogP contribution in [0, 0.1) is 0 Å². The van der Waals surface area contributed by atoms with Crippen molar-refractivity contribution in [3.05, 3.63) is 200 Å². The third-order valence-corrected chi connectivity index (χ3v) is 14.3. The lowest BCUT2D eigenvalue weighted by molar-refractivity contribution is 0.445. The second-order valence-electron chi connectivity index (χ2n) is 16.6. The Kier molecular flexibility index (Phi) is 8.82. The summed E-state index contributed by atoms with van der Waals surface area (Å²) in [5, 5.41) is 7.59. The van der Waals surface area contributed by atoms with Gasteiger partial charge in [-0.1, -0.05) is 171 Å². The molecule has 0 spiro atoms. The highest BCUT2D eigenvalue weighted by molar-refractivity contribution is 7.26. The second-order valence-corrected chi connectivity index (χ2v) is 17.7. The van der Waals surface area contributed by atoms with Crippen LogP contribution in [0.25, 0.3) is 86.3 Å². The molecule has 0 bridgehead atoms. The molecule has 0 N–H and O–H groups in total. The average Bonchev–Trinajstić information content (AvgIpc) is 3.91. The van der Waals surface area contributed by atoms with Crippen molar-refractivity contribution in [2.45, 2.75) is 38.0 Å². The number of thiophene rings is 1. The standard InChI is InChI=1S/C58H43NOS/c1-2-16-38(17-3-1)44-27-12-18-39-19-13-30-50(56(39)44)47-24-4-7-33-53(47)59(42-22-10-20-40(36-42)45-28-14-31-51-48-25-5-8-34-54(48)60-57(45)51)43-23-11-21-41(37-43)46-29-15-32-52-49-26-6-9-35-55(49)61-58(46)52/h4-15,18-38H,1-3,16-17H2. The van der Waals surface area contributed by atoms with Crippen molar-refractivity contribution in [1.29, 1.82) is 0 Å². The van der Waals surface area contributed by atoms with Crippen molar-refractivity contribution < 1.29 is 4.42 Å². The minimum Gasteiger partial charge on any atom is -0.455 e. The van der Waals surface area contributed by atoms with Gasteiger partial charge in [0.25, 0.3) is 0 Å². The van der Waals surface area contributed by atoms with Gasteiger partial charge in [0.15, 0.2) is 0 Å². The number of benzene rings is 9. The van der Waals surface area contributed by atoms with Crippen molar-refractivity contribution in [2.24, 2.45) is 0 Å². The first-order chi connectivity index (χ1) is 30.3. The molecule has 2 nitrogen and oxygen atoms in total. The van der Waals surface area contributed by atoms with Gasteiger partial charge in [-0.2, -0.15) is 0 Å². The summed E-state index contributed by atoms with van der Waals surface area (Å²) in [7, 11) is 0. The molecule has 0 saturated heterocycles. The highest BCUT2D eigenvalue weighted by Crippen LogP contribution is 2.48. The molecule has 2 heterocycles. The van der Waals surface area contributed by atoms with Crippen LogP contribution in [0.3, 0.4) is 0 Å². The zero-order valence-electron chi connectivity index (χ0n) is 33.9. The van der Waals surface area contributed by atoms with Gasteiger partial charge in [0.2, 0.25) is 0 Å². The summed E-state index contributed by atoms with van der Waals surface area (Å²) in [6.07, 6.45) is 6.46. The molecule has 11 aromatic rings. The molecule has 0 unspecified atom stereocenters. The fourth-order valence-corrected chi connectivity index (χ4v) is 11.5. The van der Waals surface area contributed by atoms with E-state index >= 15 is 0 Å². The molecule has 2 aromatic heterocycles. The Morgan fingerprint density at radius 2 is 1.07 bits per heavy atom. The molecule has 61 heavy (non-hydrogen) atoms. The number of anilines is 3. The number of furan rings is 1. The predicted molar refractivity (Wildman–Crippen MR) is 261 cm³/mol. The van der Waals surface area contributed by atoms with Crippen molar-refractivity contribution in [3.63, 3.8) is 0 Å². The van der Waals surface area contributed by atoms with Gasteiger partial charge in [-0.05, 0) is 99.8 Å². The van der Waals surface area contributed by atoms with Gasteiger partial charge < -0.3 is 9.32 Å². The highest BCUT2D eigenvalue weighted by Gasteiger charge is 2.24. The maximum absolute atomic E-state index is 6.60. The third kappa shape index (κ3) is 6.14. The van der Waals surface area contributed by atoms with Gasteiger partial charge in [0, 0.05) is 53.4 Å². The monoisotopic (exact) mass is 801 g/mol. The molecule has 0 atom stereocenters. The summed E-state index contributed by atoms with van der Waals surface area (Å²) in [5.74, 6) is 0.577. The lowest BCUT2D eigenvalue weighted by Crippen LogP contribution is -2.12. The molecular weight excluding hydrogens is 759 g/mol. The normalized spacial score (nSPS) is 13.5. The minimum atomic E-state index is 0.577. The number of nitrogens with zero attached hydrogens (tertiary/aromatic N) is 1. The quantitative estimate of drug-likeness (QED) is 0.160. The van der Waals surface area contributed by atoms with Gasteiger partial charge in [-0.15, -0.1) is 11.3 Å². The molecule has 0 radical (unpaired) electrons. The van der Waals surface area contributed by atoms with E-state index in [1.165, 1.54) is 90.9 Å². The Bertz CT molecular complexity index is 3270. The first kappa shape index (κ1) is 36.0. The van der Waals surface area contributed by atoms with Crippen LogP contribution in [0.1, 0.15) is 43.6 Å². The van der Waals surface area contributed by atoms with Crippen LogP contribution in [0.15, 0.2) is 199 Å². The first-order valence-corrected chi connectivity index (χ1v) is 22.5. The molecule has 0 amide bonds. The number of rotatable bonds is 7. The average molecular weight is 802 g/mol. The van der Waals surface area contributed by atoms with Crippen LogP contribution >= 0.6 is 11.3 Å². The molecule has 292 valence electrons. The second kappa shape index (κ2) is 15.0. The van der Waals surface area contributed by atoms with Crippen LogP contribution in [0.5, 0.6) is 0 Å². The SMILES string of the molecule is c1cc(-c2cccc3c2oc2ccccc23)cc(N(c2cccc(-c3cccc4c3sc3ccccc34)c2)c2ccccc2-c2cccc3cccc(C4CCCCC4)c23)c1. The fraction of sp³-hybridized carbons (Fsp3) is 0.103. The Balaban J connectivity index is 1.08. The smallest absolute Gasteiger partial charge is 0.143 e. The van der Waals surface area contributed by atoms with Crippen molar-refractivity contribution in [3.8, 4) is 33.4 Å². The van der Waals surface area contributed by atoms with E-state index in [-0.39, 0.29) is 0 Å². The molecule has 1 aliphatic rings. The minimum absolute atomic E-state index is 0.577. The highest BCUT2D eigenvalue weighted by atomic mass is 32.1. The van der Waals surface area contributed by atoms with Gasteiger partial charge in [-0.3, -0.25) is 0 Å². The van der Waals surface area contributed by atoms with Crippen molar-refractivity contribution >= 4 is 81.3 Å². The molecule has 0 aliphatic heterocycles. The number of hydrogen-bond acceptors (Lipinski definition) is 3. The summed E-state index contributed by atoms with van der Waals surface area (Å²) in [5.41, 5.74) is 13.8. The van der Waals surface area contributed by atoms with E-state index < -0.39 is 0 Å². The lowest BCUT2D eigenvalue weighted by Gasteiger charge is -2.30. The molecule has 12 rings (SSSR count).